The van der Waals surface area contributed by atoms with Crippen molar-refractivity contribution in [1.82, 2.24) is 4.98 Å². The second-order valence-corrected chi connectivity index (χ2v) is 9.43. The van der Waals surface area contributed by atoms with Crippen molar-refractivity contribution in [3.63, 3.8) is 0 Å². The molecule has 0 radical (unpaired) electrons. The lowest BCUT2D eigenvalue weighted by atomic mass is 10.3. The minimum absolute atomic E-state index is 0.0468. The first-order valence-electron chi connectivity index (χ1n) is 5.56. The molecule has 1 unspecified atom stereocenters. The Kier molecular flexibility index (Phi) is 4.02. The quantitative estimate of drug-likeness (QED) is 0.752. The summed E-state index contributed by atoms with van der Waals surface area (Å²) in [5, 5.41) is 9.10. The molecule has 20 heavy (non-hydrogen) atoms. The molecule has 2 heterocycles. The number of rotatable bonds is 5. The minimum atomic E-state index is -3.83. The Morgan fingerprint density at radius 3 is 2.80 bits per heavy atom. The van der Waals surface area contributed by atoms with E-state index in [9.17, 15) is 21.6 Å². The molecule has 11 heteroatoms. The van der Waals surface area contributed by atoms with Gasteiger partial charge in [0.15, 0.2) is 15.0 Å². The third-order valence-corrected chi connectivity index (χ3v) is 7.42. The monoisotopic (exact) mass is 340 g/mol. The van der Waals surface area contributed by atoms with Crippen LogP contribution in [0.5, 0.6) is 0 Å². The molecule has 2 N–H and O–H groups in total. The van der Waals surface area contributed by atoms with Gasteiger partial charge in [-0.25, -0.2) is 21.8 Å². The Labute approximate surface area is 119 Å². The van der Waals surface area contributed by atoms with Crippen molar-refractivity contribution in [3.8, 4) is 0 Å². The number of aromatic nitrogens is 1. The first-order chi connectivity index (χ1) is 9.18. The normalized spacial score (nSPS) is 21.7. The molecular weight excluding hydrogens is 328 g/mol. The van der Waals surface area contributed by atoms with Gasteiger partial charge in [0.25, 0.3) is 0 Å². The van der Waals surface area contributed by atoms with E-state index in [0.29, 0.717) is 0 Å². The zero-order valence-corrected chi connectivity index (χ0v) is 12.6. The van der Waals surface area contributed by atoms with Crippen LogP contribution >= 0.6 is 11.3 Å². The van der Waals surface area contributed by atoms with E-state index in [2.05, 4.69) is 9.71 Å². The largest absolute Gasteiger partial charge is 0.481 e. The Morgan fingerprint density at radius 1 is 1.55 bits per heavy atom. The van der Waals surface area contributed by atoms with Crippen LogP contribution in [-0.2, 0) is 31.1 Å². The molecule has 0 aliphatic carbocycles. The summed E-state index contributed by atoms with van der Waals surface area (Å²) in [5.74, 6) is -1.59. The SMILES string of the molecule is O=C(O)Cc1csc(NS(=O)(=O)C2CCS(=O)(=O)C2)n1. The van der Waals surface area contributed by atoms with Crippen LogP contribution in [-0.4, -0.2) is 49.7 Å². The summed E-state index contributed by atoms with van der Waals surface area (Å²) >= 11 is 0.963. The number of anilines is 1. The van der Waals surface area contributed by atoms with Gasteiger partial charge in [-0.1, -0.05) is 0 Å². The van der Waals surface area contributed by atoms with E-state index in [-0.39, 0.29) is 29.4 Å². The van der Waals surface area contributed by atoms with E-state index >= 15 is 0 Å². The molecule has 0 spiro atoms. The Morgan fingerprint density at radius 2 is 2.25 bits per heavy atom. The fourth-order valence-corrected chi connectivity index (χ4v) is 6.81. The maximum atomic E-state index is 12.0. The molecule has 1 aliphatic heterocycles. The molecule has 0 aromatic carbocycles. The number of hydrogen-bond acceptors (Lipinski definition) is 7. The second-order valence-electron chi connectivity index (χ2n) is 4.39. The third-order valence-electron chi connectivity index (χ3n) is 2.74. The summed E-state index contributed by atoms with van der Waals surface area (Å²) < 4.78 is 48.8. The summed E-state index contributed by atoms with van der Waals surface area (Å²) in [6, 6.07) is 0. The number of nitrogens with one attached hydrogen (secondary N) is 1. The standard InChI is InChI=1S/C9H12N2O6S3/c12-8(13)3-6-4-18-9(10-6)11-20(16,17)7-1-2-19(14,15)5-7/h4,7H,1-3,5H2,(H,10,11)(H,12,13). The summed E-state index contributed by atoms with van der Waals surface area (Å²) in [4.78, 5) is 14.3. The number of nitrogens with zero attached hydrogens (tertiary/aromatic N) is 1. The highest BCUT2D eigenvalue weighted by molar-refractivity contribution is 7.97. The summed E-state index contributed by atoms with van der Waals surface area (Å²) in [6.07, 6.45) is -0.235. The van der Waals surface area contributed by atoms with Crippen LogP contribution in [0.3, 0.4) is 0 Å². The molecule has 0 amide bonds. The van der Waals surface area contributed by atoms with E-state index in [1.165, 1.54) is 5.38 Å². The van der Waals surface area contributed by atoms with E-state index < -0.39 is 36.8 Å². The van der Waals surface area contributed by atoms with Gasteiger partial charge in [-0.05, 0) is 6.42 Å². The first-order valence-corrected chi connectivity index (χ1v) is 9.81. The lowest BCUT2D eigenvalue weighted by molar-refractivity contribution is -0.136. The maximum absolute atomic E-state index is 12.0. The third kappa shape index (κ3) is 3.67. The Balaban J connectivity index is 2.09. The predicted octanol–water partition coefficient (Wildman–Crippen LogP) is -0.301. The molecule has 1 fully saturated rings. The first kappa shape index (κ1) is 15.2. The van der Waals surface area contributed by atoms with Gasteiger partial charge < -0.3 is 5.11 Å². The van der Waals surface area contributed by atoms with Gasteiger partial charge in [0, 0.05) is 5.38 Å². The highest BCUT2D eigenvalue weighted by atomic mass is 32.2. The van der Waals surface area contributed by atoms with Gasteiger partial charge in [0.2, 0.25) is 10.0 Å². The van der Waals surface area contributed by atoms with Crippen molar-refractivity contribution in [2.24, 2.45) is 0 Å². The van der Waals surface area contributed by atoms with E-state index in [4.69, 9.17) is 5.11 Å². The molecule has 1 aromatic heterocycles. The highest BCUT2D eigenvalue weighted by Gasteiger charge is 2.37. The smallest absolute Gasteiger partial charge is 0.309 e. The average Bonchev–Trinajstić information content (AvgIpc) is 2.84. The van der Waals surface area contributed by atoms with Crippen LogP contribution in [0.2, 0.25) is 0 Å². The number of sulfone groups is 1. The molecule has 1 saturated heterocycles. The predicted molar refractivity (Wildman–Crippen MR) is 73.1 cm³/mol. The number of hydrogen-bond donors (Lipinski definition) is 2. The van der Waals surface area contributed by atoms with Gasteiger partial charge in [0.1, 0.15) is 0 Å². The number of carboxylic acid groups (broad SMARTS) is 1. The molecule has 0 bridgehead atoms. The molecule has 2 rings (SSSR count). The van der Waals surface area contributed by atoms with Gasteiger partial charge in [0.05, 0.1) is 28.9 Å². The zero-order valence-electron chi connectivity index (χ0n) is 10.1. The molecular formula is C9H12N2O6S3. The van der Waals surface area contributed by atoms with Gasteiger partial charge in [-0.2, -0.15) is 0 Å². The van der Waals surface area contributed by atoms with Gasteiger partial charge in [-0.15, -0.1) is 11.3 Å². The minimum Gasteiger partial charge on any atom is -0.481 e. The molecule has 112 valence electrons. The molecule has 8 nitrogen and oxygen atoms in total. The van der Waals surface area contributed by atoms with Crippen molar-refractivity contribution >= 4 is 42.3 Å². The van der Waals surface area contributed by atoms with E-state index in [1.807, 2.05) is 0 Å². The van der Waals surface area contributed by atoms with Crippen LogP contribution in [0.4, 0.5) is 5.13 Å². The van der Waals surface area contributed by atoms with Crippen LogP contribution < -0.4 is 4.72 Å². The van der Waals surface area contributed by atoms with Crippen molar-refractivity contribution in [1.29, 1.82) is 0 Å². The average molecular weight is 340 g/mol. The summed E-state index contributed by atoms with van der Waals surface area (Å²) in [5.41, 5.74) is 0.249. The van der Waals surface area contributed by atoms with Gasteiger partial charge in [-0.3, -0.25) is 9.52 Å². The molecule has 1 aliphatic rings. The number of aliphatic carboxylic acids is 1. The summed E-state index contributed by atoms with van der Waals surface area (Å²) in [7, 11) is -7.12. The Hall–Kier alpha value is -1.20. The Bertz CT molecular complexity index is 721. The topological polar surface area (TPSA) is 130 Å². The van der Waals surface area contributed by atoms with Crippen molar-refractivity contribution < 1.29 is 26.7 Å². The van der Waals surface area contributed by atoms with Crippen LogP contribution in [0.1, 0.15) is 12.1 Å². The van der Waals surface area contributed by atoms with Crippen LogP contribution in [0.25, 0.3) is 0 Å². The lowest BCUT2D eigenvalue weighted by Crippen LogP contribution is -2.28. The fraction of sp³-hybridized carbons (Fsp3) is 0.556. The molecule has 0 saturated carbocycles. The highest BCUT2D eigenvalue weighted by Crippen LogP contribution is 2.23. The molecule has 1 atom stereocenters. The van der Waals surface area contributed by atoms with Crippen molar-refractivity contribution in [3.05, 3.63) is 11.1 Å². The number of carboxylic acids is 1. The van der Waals surface area contributed by atoms with Gasteiger partial charge >= 0.3 is 5.97 Å². The van der Waals surface area contributed by atoms with Crippen LogP contribution in [0.15, 0.2) is 5.38 Å². The fourth-order valence-electron chi connectivity index (χ4n) is 1.80. The number of thiazole rings is 1. The van der Waals surface area contributed by atoms with Crippen molar-refractivity contribution in [2.75, 3.05) is 16.2 Å². The van der Waals surface area contributed by atoms with Crippen LogP contribution in [0, 0.1) is 0 Å². The zero-order chi connectivity index (χ0) is 15.0. The lowest BCUT2D eigenvalue weighted by Gasteiger charge is -2.09. The molecule has 1 aromatic rings. The number of carbonyl (C=O) groups is 1. The maximum Gasteiger partial charge on any atom is 0.309 e. The van der Waals surface area contributed by atoms with E-state index in [1.54, 1.807) is 0 Å². The van der Waals surface area contributed by atoms with E-state index in [0.717, 1.165) is 11.3 Å². The van der Waals surface area contributed by atoms with Crippen molar-refractivity contribution in [2.45, 2.75) is 18.1 Å². The summed E-state index contributed by atoms with van der Waals surface area (Å²) in [6.45, 7) is 0. The second kappa shape index (κ2) is 5.30. The number of sulfonamides is 1.